The van der Waals surface area contributed by atoms with Gasteiger partial charge in [0, 0.05) is 56.2 Å². The van der Waals surface area contributed by atoms with E-state index in [2.05, 4.69) is 40.2 Å². The van der Waals surface area contributed by atoms with Crippen LogP contribution in [0.25, 0.3) is 22.2 Å². The van der Waals surface area contributed by atoms with E-state index < -0.39 is 31.3 Å². The van der Waals surface area contributed by atoms with Crippen molar-refractivity contribution in [2.24, 2.45) is 5.41 Å². The van der Waals surface area contributed by atoms with E-state index in [9.17, 15) is 9.50 Å². The van der Waals surface area contributed by atoms with E-state index in [1.54, 1.807) is 22.9 Å². The van der Waals surface area contributed by atoms with Gasteiger partial charge in [-0.15, -0.1) is 0 Å². The van der Waals surface area contributed by atoms with Crippen molar-refractivity contribution in [1.29, 1.82) is 0 Å². The number of hydrogen-bond donors (Lipinski definition) is 3. The lowest BCUT2D eigenvalue weighted by atomic mass is 10.1. The maximum absolute atomic E-state index is 15.3. The van der Waals surface area contributed by atoms with Crippen LogP contribution in [-0.4, -0.2) is 52.6 Å². The van der Waals surface area contributed by atoms with Crippen LogP contribution in [0, 0.1) is 22.9 Å². The quantitative estimate of drug-likeness (QED) is 0.0909. The molecule has 1 saturated carbocycles. The lowest BCUT2D eigenvalue weighted by Crippen LogP contribution is -2.34. The van der Waals surface area contributed by atoms with E-state index >= 15 is 8.78 Å². The molecule has 5 rings (SSSR count). The van der Waals surface area contributed by atoms with Gasteiger partial charge in [-0.1, -0.05) is 31.8 Å². The molecule has 43 heavy (non-hydrogen) atoms. The fourth-order valence-electron chi connectivity index (χ4n) is 4.50. The van der Waals surface area contributed by atoms with Crippen molar-refractivity contribution in [2.75, 3.05) is 25.1 Å². The second-order valence-corrected chi connectivity index (χ2v) is 18.1. The summed E-state index contributed by atoms with van der Waals surface area (Å²) in [6, 6.07) is 8.97. The van der Waals surface area contributed by atoms with Crippen LogP contribution in [0.15, 0.2) is 48.9 Å². The minimum absolute atomic E-state index is 0.0477. The van der Waals surface area contributed by atoms with E-state index in [1.165, 1.54) is 18.5 Å². The number of anilines is 1. The molecule has 2 heterocycles. The first kappa shape index (κ1) is 30.9. The molecule has 1 aliphatic rings. The number of halogens is 3. The Bertz CT molecular complexity index is 1600. The minimum Gasteiger partial charge on any atom is -0.432 e. The Labute approximate surface area is 254 Å². The summed E-state index contributed by atoms with van der Waals surface area (Å²) in [6.07, 6.45) is 4.81. The molecule has 228 valence electrons. The van der Waals surface area contributed by atoms with Crippen molar-refractivity contribution >= 4 is 42.1 Å². The average molecular weight is 630 g/mol. The molecule has 4 aromatic rings. The van der Waals surface area contributed by atoms with Gasteiger partial charge in [0.1, 0.15) is 24.5 Å². The van der Waals surface area contributed by atoms with Gasteiger partial charge in [-0.05, 0) is 48.8 Å². The van der Waals surface area contributed by atoms with Crippen molar-refractivity contribution in [2.45, 2.75) is 45.3 Å². The molecule has 2 aromatic carbocycles. The highest BCUT2D eigenvalue weighted by atomic mass is 32.1. The summed E-state index contributed by atoms with van der Waals surface area (Å²) in [5.41, 5.74) is 1.57. The molecule has 0 unspecified atom stereocenters. The van der Waals surface area contributed by atoms with Crippen molar-refractivity contribution in [1.82, 2.24) is 19.9 Å². The van der Waals surface area contributed by atoms with Gasteiger partial charge < -0.3 is 29.8 Å². The van der Waals surface area contributed by atoms with Gasteiger partial charge in [0.25, 0.3) is 0 Å². The summed E-state index contributed by atoms with van der Waals surface area (Å²) in [4.78, 5) is 8.61. The van der Waals surface area contributed by atoms with E-state index in [-0.39, 0.29) is 35.4 Å². The van der Waals surface area contributed by atoms with Crippen LogP contribution in [-0.2, 0) is 11.5 Å². The monoisotopic (exact) mass is 629 g/mol. The number of nitrogens with zero attached hydrogens (tertiary/aromatic N) is 3. The van der Waals surface area contributed by atoms with Crippen LogP contribution in [0.3, 0.4) is 0 Å². The molecule has 0 atom stereocenters. The highest BCUT2D eigenvalue weighted by Crippen LogP contribution is 2.44. The predicted octanol–water partition coefficient (Wildman–Crippen LogP) is 6.68. The fourth-order valence-corrected chi connectivity index (χ4v) is 5.44. The van der Waals surface area contributed by atoms with Crippen molar-refractivity contribution in [3.8, 4) is 22.8 Å². The van der Waals surface area contributed by atoms with Crippen LogP contribution >= 0.6 is 12.2 Å². The molecule has 8 nitrogen and oxygen atoms in total. The highest BCUT2D eigenvalue weighted by molar-refractivity contribution is 7.80. The van der Waals surface area contributed by atoms with Crippen molar-refractivity contribution < 1.29 is 27.8 Å². The predicted molar refractivity (Wildman–Crippen MR) is 166 cm³/mol. The smallest absolute Gasteiger partial charge is 0.232 e. The summed E-state index contributed by atoms with van der Waals surface area (Å²) in [7, 11) is -1.30. The Morgan fingerprint density at radius 3 is 2.42 bits per heavy atom. The molecule has 1 aliphatic carbocycles. The molecule has 0 saturated heterocycles. The Balaban J connectivity index is 1.41. The molecular formula is C30H34F3N5O3SSi. The minimum atomic E-state index is -1.30. The van der Waals surface area contributed by atoms with E-state index in [0.717, 1.165) is 31.0 Å². The second kappa shape index (κ2) is 12.6. The maximum atomic E-state index is 15.3. The number of nitrogens with one attached hydrogen (secondary N) is 2. The molecular weight excluding hydrogens is 596 g/mol. The maximum Gasteiger partial charge on any atom is 0.232 e. The number of fused-ring (bicyclic) bond motifs is 1. The van der Waals surface area contributed by atoms with Gasteiger partial charge in [0.05, 0.1) is 12.0 Å². The third-order valence-corrected chi connectivity index (χ3v) is 9.32. The molecule has 0 bridgehead atoms. The average Bonchev–Trinajstić information content (AvgIpc) is 3.65. The zero-order chi connectivity index (χ0) is 30.8. The van der Waals surface area contributed by atoms with Gasteiger partial charge in [0.15, 0.2) is 16.7 Å². The number of thiocarbonyl (C=S) groups is 1. The molecule has 0 radical (unpaired) electrons. The lowest BCUT2D eigenvalue weighted by Gasteiger charge is -2.16. The summed E-state index contributed by atoms with van der Waals surface area (Å²) >= 11 is 5.25. The fraction of sp³-hybridized carbons (Fsp3) is 0.367. The Morgan fingerprint density at radius 2 is 1.79 bits per heavy atom. The summed E-state index contributed by atoms with van der Waals surface area (Å²) in [6.45, 7) is 8.07. The number of aliphatic hydroxyl groups excluding tert-OH is 1. The third-order valence-electron chi connectivity index (χ3n) is 7.37. The van der Waals surface area contributed by atoms with Crippen LogP contribution in [0.1, 0.15) is 12.8 Å². The van der Waals surface area contributed by atoms with Crippen molar-refractivity contribution in [3.63, 3.8) is 0 Å². The number of aromatic nitrogens is 3. The first-order valence-electron chi connectivity index (χ1n) is 14.0. The van der Waals surface area contributed by atoms with Crippen LogP contribution in [0.4, 0.5) is 18.9 Å². The van der Waals surface area contributed by atoms with Gasteiger partial charge >= 0.3 is 0 Å². The Hall–Kier alpha value is -3.52. The number of aliphatic hydroxyl groups is 1. The number of rotatable bonds is 12. The number of ether oxygens (including phenoxy) is 2. The summed E-state index contributed by atoms with van der Waals surface area (Å²) in [5, 5.41) is 15.8. The first-order valence-corrected chi connectivity index (χ1v) is 18.1. The Kier molecular flexibility index (Phi) is 9.06. The van der Waals surface area contributed by atoms with Crippen LogP contribution in [0.2, 0.25) is 25.7 Å². The SMILES string of the molecule is C[Si](C)(C)CCOCn1cc(-c2ccc(F)cc2)c2c(Oc3c(F)cc(NC(=S)NCC4(CO)CC4)cc3F)ncnc21. The number of hydrogen-bond acceptors (Lipinski definition) is 6. The molecule has 0 spiro atoms. The second-order valence-electron chi connectivity index (χ2n) is 12.1. The molecule has 13 heteroatoms. The number of benzene rings is 2. The van der Waals surface area contributed by atoms with Gasteiger partial charge in [0.2, 0.25) is 11.6 Å². The normalized spacial score (nSPS) is 14.1. The van der Waals surface area contributed by atoms with E-state index in [1.807, 2.05) is 0 Å². The van der Waals surface area contributed by atoms with E-state index in [4.69, 9.17) is 21.7 Å². The van der Waals surface area contributed by atoms with Crippen molar-refractivity contribution in [3.05, 3.63) is 66.4 Å². The van der Waals surface area contributed by atoms with E-state index in [0.29, 0.717) is 35.3 Å². The Morgan fingerprint density at radius 1 is 1.09 bits per heavy atom. The molecule has 0 aliphatic heterocycles. The highest BCUT2D eigenvalue weighted by Gasteiger charge is 2.41. The molecule has 2 aromatic heterocycles. The van der Waals surface area contributed by atoms with Crippen LogP contribution < -0.4 is 15.4 Å². The van der Waals surface area contributed by atoms with Gasteiger partial charge in [-0.3, -0.25) is 0 Å². The zero-order valence-electron chi connectivity index (χ0n) is 24.2. The molecule has 1 fully saturated rings. The standard InChI is InChI=1S/C30H34F3N5O3SSi/c1-43(2,3)11-10-40-18-38-14-22(19-4-6-20(31)7-5-19)25-27(38)35-17-36-28(25)41-26-23(32)12-21(13-24(26)33)37-29(42)34-15-30(16-39)8-9-30/h4-7,12-14,17,39H,8-11,15-16,18H2,1-3H3,(H2,34,37,42). The summed E-state index contributed by atoms with van der Waals surface area (Å²) in [5.74, 6) is -3.06. The lowest BCUT2D eigenvalue weighted by molar-refractivity contribution is 0.0899. The summed E-state index contributed by atoms with van der Waals surface area (Å²) < 4.78 is 57.7. The topological polar surface area (TPSA) is 93.5 Å². The first-order chi connectivity index (χ1) is 20.5. The van der Waals surface area contributed by atoms with Gasteiger partial charge in [-0.25, -0.2) is 23.1 Å². The zero-order valence-corrected chi connectivity index (χ0v) is 26.0. The molecule has 3 N–H and O–H groups in total. The molecule has 0 amide bonds. The third kappa shape index (κ3) is 7.53. The van der Waals surface area contributed by atoms with Crippen LogP contribution in [0.5, 0.6) is 11.6 Å². The largest absolute Gasteiger partial charge is 0.432 e. The van der Waals surface area contributed by atoms with Gasteiger partial charge in [-0.2, -0.15) is 0 Å².